The van der Waals surface area contributed by atoms with Gasteiger partial charge in [0.1, 0.15) is 18.3 Å². The van der Waals surface area contributed by atoms with Gasteiger partial charge in [-0.1, -0.05) is 26.0 Å². The molecule has 0 amide bonds. The molecule has 10 atom stereocenters. The molecule has 0 aromatic heterocycles. The van der Waals surface area contributed by atoms with Crippen LogP contribution in [0, 0.1) is 28.1 Å². The van der Waals surface area contributed by atoms with Crippen molar-refractivity contribution in [1.29, 1.82) is 0 Å². The predicted molar refractivity (Wildman–Crippen MR) is 129 cm³/mol. The summed E-state index contributed by atoms with van der Waals surface area (Å²) < 4.78 is 29.9. The lowest BCUT2D eigenvalue weighted by atomic mass is 9.50. The van der Waals surface area contributed by atoms with Gasteiger partial charge in [-0.05, 0) is 42.9 Å². The molecule has 0 aromatic carbocycles. The molecule has 3 heterocycles. The number of carbonyl (C=O) groups is 3. The third kappa shape index (κ3) is 3.56. The van der Waals surface area contributed by atoms with Crippen LogP contribution >= 0.6 is 0 Å². The third-order valence-corrected chi connectivity index (χ3v) is 10.7. The highest BCUT2D eigenvalue weighted by atomic mass is 16.6. The van der Waals surface area contributed by atoms with E-state index in [4.69, 9.17) is 23.7 Å². The number of hydrogen-bond acceptors (Lipinski definition) is 10. The summed E-state index contributed by atoms with van der Waals surface area (Å²) in [5.74, 6) is -2.30. The number of cyclic esters (lactones) is 2. The quantitative estimate of drug-likeness (QED) is 0.288. The minimum atomic E-state index is -1.39. The van der Waals surface area contributed by atoms with Crippen molar-refractivity contribution in [2.75, 3.05) is 26.4 Å². The van der Waals surface area contributed by atoms with Gasteiger partial charge >= 0.3 is 17.9 Å². The Bertz CT molecular complexity index is 1080. The van der Waals surface area contributed by atoms with Crippen molar-refractivity contribution < 1.29 is 48.3 Å². The van der Waals surface area contributed by atoms with Gasteiger partial charge in [-0.2, -0.15) is 0 Å². The molecule has 10 nitrogen and oxygen atoms in total. The van der Waals surface area contributed by atoms with Gasteiger partial charge in [-0.25, -0.2) is 14.4 Å². The number of rotatable bonds is 1. The Morgan fingerprint density at radius 1 is 1.03 bits per heavy atom. The SMILES string of the molecule is C[C@@H]1CCOC(=O)/C=C/C=C\C(=O)O[C@@H]2C[C@H]3O[C@@H]4[C@@H]5C[C@]5(CO)CC[C@]4(COC(=O)[C@H]1O)[C@]2(C)[C@]31CO1. The maximum atomic E-state index is 13.1. The van der Waals surface area contributed by atoms with Crippen molar-refractivity contribution in [3.8, 4) is 0 Å². The molecule has 2 N–H and O–H groups in total. The van der Waals surface area contributed by atoms with Crippen molar-refractivity contribution in [2.45, 2.75) is 76.0 Å². The van der Waals surface area contributed by atoms with E-state index in [1.165, 1.54) is 24.3 Å². The molecule has 0 aromatic rings. The lowest BCUT2D eigenvalue weighted by molar-refractivity contribution is -0.261. The lowest BCUT2D eigenvalue weighted by Gasteiger charge is -2.60. The zero-order valence-corrected chi connectivity index (χ0v) is 21.8. The number of aliphatic hydroxyl groups is 2. The van der Waals surface area contributed by atoms with Crippen LogP contribution in [0.5, 0.6) is 0 Å². The number of carbonyl (C=O) groups excluding carboxylic acids is 3. The number of ether oxygens (including phenoxy) is 5. The standard InChI is InChI=1S/C28H36O10/c1-16-7-10-34-20(30)5-3-4-6-21(31)37-18-11-19-28(15-36-28)25(18,2)27(14-35-24(33)22(16)32)9-8-26(13-29)12-17(26)23(27)38-19/h3-6,16-19,22-23,29,32H,7-15H2,1-2H3/b5-3+,6-4-/t16-,17+,18-,19-,22+,23-,25-,26+,27-,28+/m1/s1. The van der Waals surface area contributed by atoms with E-state index in [0.29, 0.717) is 19.4 Å². The molecule has 3 saturated carbocycles. The van der Waals surface area contributed by atoms with Gasteiger partial charge in [0.25, 0.3) is 0 Å². The summed E-state index contributed by atoms with van der Waals surface area (Å²) in [4.78, 5) is 37.9. The van der Waals surface area contributed by atoms with Gasteiger partial charge in [0.05, 0.1) is 25.4 Å². The Kier molecular flexibility index (Phi) is 6.07. The topological polar surface area (TPSA) is 141 Å². The van der Waals surface area contributed by atoms with E-state index in [-0.39, 0.29) is 49.8 Å². The van der Waals surface area contributed by atoms with Gasteiger partial charge in [0.2, 0.25) is 0 Å². The van der Waals surface area contributed by atoms with Crippen LogP contribution in [0.3, 0.4) is 0 Å². The zero-order valence-electron chi connectivity index (χ0n) is 21.8. The van der Waals surface area contributed by atoms with Crippen molar-refractivity contribution in [1.82, 2.24) is 0 Å². The minimum absolute atomic E-state index is 0.0196. The number of epoxide rings is 1. The fourth-order valence-corrected chi connectivity index (χ4v) is 8.00. The number of esters is 3. The molecule has 3 aliphatic heterocycles. The van der Waals surface area contributed by atoms with Crippen LogP contribution in [0.4, 0.5) is 0 Å². The highest BCUT2D eigenvalue weighted by Gasteiger charge is 2.86. The molecular weight excluding hydrogens is 496 g/mol. The summed E-state index contributed by atoms with van der Waals surface area (Å²) in [7, 11) is 0. The molecule has 5 fully saturated rings. The molecule has 2 spiro atoms. The van der Waals surface area contributed by atoms with Crippen molar-refractivity contribution in [3.63, 3.8) is 0 Å². The van der Waals surface area contributed by atoms with Crippen molar-refractivity contribution in [2.24, 2.45) is 28.1 Å². The normalized spacial score (nSPS) is 51.8. The van der Waals surface area contributed by atoms with Crippen LogP contribution in [-0.4, -0.2) is 84.6 Å². The molecule has 10 heteroatoms. The maximum absolute atomic E-state index is 13.1. The number of aliphatic hydroxyl groups excluding tert-OH is 2. The van der Waals surface area contributed by atoms with Gasteiger partial charge < -0.3 is 33.9 Å². The van der Waals surface area contributed by atoms with Gasteiger partial charge in [0.15, 0.2) is 6.10 Å². The van der Waals surface area contributed by atoms with Crippen LogP contribution in [0.25, 0.3) is 0 Å². The smallest absolute Gasteiger partial charge is 0.335 e. The first kappa shape index (κ1) is 26.0. The van der Waals surface area contributed by atoms with Crippen molar-refractivity contribution >= 4 is 17.9 Å². The Morgan fingerprint density at radius 3 is 2.47 bits per heavy atom. The van der Waals surface area contributed by atoms with Crippen LogP contribution in [0.2, 0.25) is 0 Å². The van der Waals surface area contributed by atoms with Gasteiger partial charge in [-0.3, -0.25) is 0 Å². The molecule has 208 valence electrons. The van der Waals surface area contributed by atoms with Gasteiger partial charge in [0, 0.05) is 36.0 Å². The Labute approximate surface area is 221 Å². The molecule has 6 aliphatic rings. The third-order valence-electron chi connectivity index (χ3n) is 10.7. The highest BCUT2D eigenvalue weighted by molar-refractivity contribution is 5.84. The summed E-state index contributed by atoms with van der Waals surface area (Å²) in [6.07, 6.45) is 5.64. The molecule has 2 saturated heterocycles. The Hall–Kier alpha value is -2.27. The second kappa shape index (κ2) is 8.87. The highest BCUT2D eigenvalue weighted by Crippen LogP contribution is 2.78. The summed E-state index contributed by atoms with van der Waals surface area (Å²) in [5, 5.41) is 20.9. The second-order valence-electron chi connectivity index (χ2n) is 12.3. The molecular formula is C28H36O10. The van der Waals surface area contributed by atoms with Gasteiger partial charge in [-0.15, -0.1) is 0 Å². The predicted octanol–water partition coefficient (Wildman–Crippen LogP) is 1.22. The lowest BCUT2D eigenvalue weighted by Crippen LogP contribution is -2.68. The van der Waals surface area contributed by atoms with E-state index >= 15 is 0 Å². The molecule has 38 heavy (non-hydrogen) atoms. The van der Waals surface area contributed by atoms with E-state index in [1.54, 1.807) is 6.92 Å². The first-order valence-corrected chi connectivity index (χ1v) is 13.6. The number of hydrogen-bond donors (Lipinski definition) is 2. The van der Waals surface area contributed by atoms with Crippen LogP contribution in [-0.2, 0) is 38.1 Å². The summed E-state index contributed by atoms with van der Waals surface area (Å²) in [5.41, 5.74) is -2.30. The molecule has 3 aliphatic carbocycles. The van der Waals surface area contributed by atoms with Crippen molar-refractivity contribution in [3.05, 3.63) is 24.3 Å². The molecule has 2 bridgehead atoms. The molecule has 6 rings (SSSR count). The molecule has 0 unspecified atom stereocenters. The second-order valence-corrected chi connectivity index (χ2v) is 12.3. The van der Waals surface area contributed by atoms with Crippen LogP contribution < -0.4 is 0 Å². The molecule has 0 radical (unpaired) electrons. The van der Waals surface area contributed by atoms with E-state index < -0.39 is 52.5 Å². The minimum Gasteiger partial charge on any atom is -0.463 e. The fourth-order valence-electron chi connectivity index (χ4n) is 8.00. The first-order chi connectivity index (χ1) is 18.1. The van der Waals surface area contributed by atoms with E-state index in [1.807, 2.05) is 0 Å². The van der Waals surface area contributed by atoms with E-state index in [2.05, 4.69) is 6.92 Å². The maximum Gasteiger partial charge on any atom is 0.335 e. The van der Waals surface area contributed by atoms with Crippen LogP contribution in [0.1, 0.15) is 46.0 Å². The Balaban J connectivity index is 1.38. The average Bonchev–Trinajstić information content (AvgIpc) is 3.81. The van der Waals surface area contributed by atoms with E-state index in [0.717, 1.165) is 12.8 Å². The Morgan fingerprint density at radius 2 is 1.76 bits per heavy atom. The monoisotopic (exact) mass is 532 g/mol. The largest absolute Gasteiger partial charge is 0.463 e. The zero-order chi connectivity index (χ0) is 26.9. The first-order valence-electron chi connectivity index (χ1n) is 13.6. The number of allylic oxidation sites excluding steroid dienone is 2. The number of fused-ring (bicyclic) bond motifs is 2. The summed E-state index contributed by atoms with van der Waals surface area (Å²) >= 11 is 0. The van der Waals surface area contributed by atoms with E-state index in [9.17, 15) is 24.6 Å². The van der Waals surface area contributed by atoms with Crippen LogP contribution in [0.15, 0.2) is 24.3 Å². The summed E-state index contributed by atoms with van der Waals surface area (Å²) in [6.45, 7) is 4.30. The fraction of sp³-hybridized carbons (Fsp3) is 0.750. The summed E-state index contributed by atoms with van der Waals surface area (Å²) in [6, 6.07) is 0. The average molecular weight is 533 g/mol.